The van der Waals surface area contributed by atoms with Crippen LogP contribution in [0.1, 0.15) is 20.1 Å². The Bertz CT molecular complexity index is 773. The van der Waals surface area contributed by atoms with Crippen molar-refractivity contribution in [3.8, 4) is 0 Å². The predicted octanol–water partition coefficient (Wildman–Crippen LogP) is 0.198. The molecule has 23 heavy (non-hydrogen) atoms. The summed E-state index contributed by atoms with van der Waals surface area (Å²) in [6, 6.07) is 0. The fourth-order valence-electron chi connectivity index (χ4n) is 3.01. The van der Waals surface area contributed by atoms with Crippen molar-refractivity contribution in [2.24, 2.45) is 5.41 Å². The molecule has 0 spiro atoms. The van der Waals surface area contributed by atoms with E-state index in [1.807, 2.05) is 0 Å². The van der Waals surface area contributed by atoms with Gasteiger partial charge in [0.05, 0.1) is 23.8 Å². The summed E-state index contributed by atoms with van der Waals surface area (Å²) in [5, 5.41) is 31.1. The average molecular weight is 323 g/mol. The number of hydrogen-bond acceptors (Lipinski definition) is 8. The highest BCUT2D eigenvalue weighted by atomic mass is 16.6. The van der Waals surface area contributed by atoms with Gasteiger partial charge < -0.3 is 20.7 Å². The molecule has 1 fully saturated rings. The minimum absolute atomic E-state index is 0.00416. The monoisotopic (exact) mass is 323 g/mol. The predicted molar refractivity (Wildman–Crippen MR) is 79.4 cm³/mol. The van der Waals surface area contributed by atoms with Gasteiger partial charge in [-0.2, -0.15) is 0 Å². The lowest BCUT2D eigenvalue weighted by Crippen LogP contribution is -2.35. The molecule has 0 radical (unpaired) electrons. The Morgan fingerprint density at radius 1 is 1.52 bits per heavy atom. The van der Waals surface area contributed by atoms with Crippen LogP contribution in [0, 0.1) is 15.5 Å². The molecule has 2 aromatic rings. The average Bonchev–Trinajstić information content (AvgIpc) is 2.97. The van der Waals surface area contributed by atoms with Gasteiger partial charge in [-0.3, -0.25) is 14.7 Å². The first-order chi connectivity index (χ1) is 10.8. The number of nitro groups is 1. The number of nitrogen functional groups attached to an aromatic ring is 1. The maximum atomic E-state index is 11.3. The quantitative estimate of drug-likeness (QED) is 0.535. The number of aliphatic hydroxyl groups is 2. The minimum atomic E-state index is -0.937. The number of nitrogens with zero attached hydrogens (tertiary/aromatic N) is 4. The molecule has 0 bridgehead atoms. The van der Waals surface area contributed by atoms with Crippen molar-refractivity contribution in [2.75, 3.05) is 12.3 Å². The van der Waals surface area contributed by atoms with Gasteiger partial charge in [0.2, 0.25) is 0 Å². The second kappa shape index (κ2) is 5.11. The van der Waals surface area contributed by atoms with Crippen molar-refractivity contribution in [2.45, 2.75) is 32.3 Å². The topological polar surface area (TPSA) is 150 Å². The maximum Gasteiger partial charge on any atom is 0.300 e. The van der Waals surface area contributed by atoms with Gasteiger partial charge in [-0.05, 0) is 0 Å². The summed E-state index contributed by atoms with van der Waals surface area (Å²) >= 11 is 0. The highest BCUT2D eigenvalue weighted by molar-refractivity contribution is 5.95. The summed E-state index contributed by atoms with van der Waals surface area (Å²) in [6.45, 7) is 3.14. The lowest BCUT2D eigenvalue weighted by atomic mass is 9.84. The molecule has 0 aliphatic carbocycles. The van der Waals surface area contributed by atoms with Crippen LogP contribution in [0.25, 0.3) is 11.0 Å². The molecule has 1 aliphatic heterocycles. The Hall–Kier alpha value is -2.30. The number of anilines is 1. The van der Waals surface area contributed by atoms with Gasteiger partial charge in [-0.25, -0.2) is 9.97 Å². The summed E-state index contributed by atoms with van der Waals surface area (Å²) in [7, 11) is 0. The van der Waals surface area contributed by atoms with Crippen LogP contribution in [-0.2, 0) is 4.74 Å². The molecular formula is C13H17N5O5. The smallest absolute Gasteiger partial charge is 0.300 e. The molecule has 0 amide bonds. The largest absolute Gasteiger partial charge is 0.394 e. The summed E-state index contributed by atoms with van der Waals surface area (Å²) in [6.07, 6.45) is 0.00743. The van der Waals surface area contributed by atoms with Gasteiger partial charge in [0.15, 0.2) is 5.65 Å². The SMILES string of the molecule is CC1(C)C(O)C(CO)O[C@H]1n1cc([N+](=O)[O-])c2c(N)ncnc21. The molecule has 124 valence electrons. The second-order valence-corrected chi connectivity index (χ2v) is 6.11. The van der Waals surface area contributed by atoms with Crippen LogP contribution in [0.2, 0.25) is 0 Å². The molecule has 2 unspecified atom stereocenters. The van der Waals surface area contributed by atoms with Gasteiger partial charge in [-0.15, -0.1) is 0 Å². The summed E-state index contributed by atoms with van der Waals surface area (Å²) in [4.78, 5) is 18.6. The Balaban J connectivity index is 2.21. The number of aromatic nitrogens is 3. The lowest BCUT2D eigenvalue weighted by Gasteiger charge is -2.28. The molecule has 1 aliphatic rings. The molecular weight excluding hydrogens is 306 g/mol. The molecule has 3 rings (SSSR count). The van der Waals surface area contributed by atoms with Crippen LogP contribution >= 0.6 is 0 Å². The van der Waals surface area contributed by atoms with E-state index in [1.165, 1.54) is 17.1 Å². The molecule has 3 atom stereocenters. The Labute approximate surface area is 130 Å². The van der Waals surface area contributed by atoms with E-state index >= 15 is 0 Å². The van der Waals surface area contributed by atoms with Crippen LogP contribution < -0.4 is 5.73 Å². The highest BCUT2D eigenvalue weighted by Crippen LogP contribution is 2.47. The van der Waals surface area contributed by atoms with E-state index in [-0.39, 0.29) is 29.1 Å². The first-order valence-electron chi connectivity index (χ1n) is 6.98. The van der Waals surface area contributed by atoms with Crippen molar-refractivity contribution in [1.29, 1.82) is 0 Å². The third-order valence-electron chi connectivity index (χ3n) is 4.30. The Kier molecular flexibility index (Phi) is 3.47. The molecule has 2 aromatic heterocycles. The Morgan fingerprint density at radius 2 is 2.22 bits per heavy atom. The molecule has 10 nitrogen and oxygen atoms in total. The fraction of sp³-hybridized carbons (Fsp3) is 0.538. The van der Waals surface area contributed by atoms with Gasteiger partial charge >= 0.3 is 0 Å². The van der Waals surface area contributed by atoms with E-state index in [4.69, 9.17) is 10.5 Å². The number of hydrogen-bond donors (Lipinski definition) is 3. The van der Waals surface area contributed by atoms with Crippen LogP contribution in [0.4, 0.5) is 11.5 Å². The zero-order valence-corrected chi connectivity index (χ0v) is 12.6. The molecule has 3 heterocycles. The van der Waals surface area contributed by atoms with Gasteiger partial charge in [0.25, 0.3) is 5.69 Å². The minimum Gasteiger partial charge on any atom is -0.394 e. The molecule has 1 saturated heterocycles. The summed E-state index contributed by atoms with van der Waals surface area (Å²) < 4.78 is 7.17. The number of nitrogens with two attached hydrogens (primary N) is 1. The first kappa shape index (κ1) is 15.6. The maximum absolute atomic E-state index is 11.3. The van der Waals surface area contributed by atoms with Crippen molar-refractivity contribution in [1.82, 2.24) is 14.5 Å². The fourth-order valence-corrected chi connectivity index (χ4v) is 3.01. The molecule has 4 N–H and O–H groups in total. The van der Waals surface area contributed by atoms with Crippen molar-refractivity contribution < 1.29 is 19.9 Å². The standard InChI is InChI=1S/C13H17N5O5/c1-13(2)9(20)7(4-19)23-12(13)17-3-6(18(21)22)8-10(14)15-5-16-11(8)17/h3,5,7,9,12,19-20H,4H2,1-2H3,(H2,14,15,16)/t7?,9?,12-/m1/s1. The zero-order valence-electron chi connectivity index (χ0n) is 12.6. The first-order valence-corrected chi connectivity index (χ1v) is 6.98. The molecule has 0 saturated carbocycles. The number of aliphatic hydroxyl groups excluding tert-OH is 2. The third kappa shape index (κ3) is 2.14. The number of ether oxygens (including phenoxy) is 1. The normalized spacial score (nSPS) is 26.7. The van der Waals surface area contributed by atoms with Crippen molar-refractivity contribution in [3.63, 3.8) is 0 Å². The number of rotatable bonds is 3. The second-order valence-electron chi connectivity index (χ2n) is 6.11. The van der Waals surface area contributed by atoms with Crippen LogP contribution in [0.15, 0.2) is 12.5 Å². The van der Waals surface area contributed by atoms with Crippen molar-refractivity contribution in [3.05, 3.63) is 22.6 Å². The zero-order chi connectivity index (χ0) is 16.9. The van der Waals surface area contributed by atoms with E-state index < -0.39 is 28.8 Å². The van der Waals surface area contributed by atoms with E-state index in [2.05, 4.69) is 9.97 Å². The van der Waals surface area contributed by atoms with Gasteiger partial charge in [0.1, 0.15) is 29.9 Å². The van der Waals surface area contributed by atoms with E-state index in [9.17, 15) is 20.3 Å². The molecule has 10 heteroatoms. The van der Waals surface area contributed by atoms with Crippen LogP contribution in [0.3, 0.4) is 0 Å². The summed E-state index contributed by atoms with van der Waals surface area (Å²) in [5.41, 5.74) is 4.96. The van der Waals surface area contributed by atoms with Crippen LogP contribution in [0.5, 0.6) is 0 Å². The van der Waals surface area contributed by atoms with Gasteiger partial charge in [-0.1, -0.05) is 13.8 Å². The Morgan fingerprint density at radius 3 is 2.78 bits per heavy atom. The number of fused-ring (bicyclic) bond motifs is 1. The van der Waals surface area contributed by atoms with E-state index in [1.54, 1.807) is 13.8 Å². The van der Waals surface area contributed by atoms with E-state index in [0.29, 0.717) is 0 Å². The lowest BCUT2D eigenvalue weighted by molar-refractivity contribution is -0.383. The summed E-state index contributed by atoms with van der Waals surface area (Å²) in [5.74, 6) is -0.00416. The molecule has 0 aromatic carbocycles. The van der Waals surface area contributed by atoms with Crippen molar-refractivity contribution >= 4 is 22.5 Å². The van der Waals surface area contributed by atoms with E-state index in [0.717, 1.165) is 0 Å². The third-order valence-corrected chi connectivity index (χ3v) is 4.30. The van der Waals surface area contributed by atoms with Gasteiger partial charge in [0, 0.05) is 5.41 Å². The van der Waals surface area contributed by atoms with Crippen LogP contribution in [-0.4, -0.2) is 48.5 Å². The highest BCUT2D eigenvalue weighted by Gasteiger charge is 2.51.